The van der Waals surface area contributed by atoms with Gasteiger partial charge in [0.05, 0.1) is 5.52 Å². The van der Waals surface area contributed by atoms with Crippen molar-refractivity contribution in [2.75, 3.05) is 25.0 Å². The first kappa shape index (κ1) is 12.7. The predicted octanol–water partition coefficient (Wildman–Crippen LogP) is 2.42. The smallest absolute Gasteiger partial charge is 0.407 e. The Hall–Kier alpha value is -2.30. The summed E-state index contributed by atoms with van der Waals surface area (Å²) in [4.78, 5) is 19.2. The van der Waals surface area contributed by atoms with E-state index in [2.05, 4.69) is 16.0 Å². The number of carbonyl (C=O) groups is 1. The molecule has 1 aliphatic heterocycles. The normalized spacial score (nSPS) is 18.4. The maximum absolute atomic E-state index is 11.0. The van der Waals surface area contributed by atoms with E-state index < -0.39 is 6.09 Å². The molecule has 1 saturated heterocycles. The topological polar surface area (TPSA) is 56.7 Å². The molecule has 1 aliphatic rings. The third-order valence-electron chi connectivity index (χ3n) is 3.93. The van der Waals surface area contributed by atoms with Crippen molar-refractivity contribution in [3.8, 4) is 0 Å². The monoisotopic (exact) mass is 271 g/mol. The Morgan fingerprint density at radius 3 is 2.90 bits per heavy atom. The second-order valence-corrected chi connectivity index (χ2v) is 5.14. The van der Waals surface area contributed by atoms with Crippen molar-refractivity contribution in [1.82, 2.24) is 9.88 Å². The number of hydrogen-bond acceptors (Lipinski definition) is 3. The van der Waals surface area contributed by atoms with Crippen molar-refractivity contribution >= 4 is 22.8 Å². The number of para-hydroxylation sites is 1. The molecule has 5 nitrogen and oxygen atoms in total. The highest BCUT2D eigenvalue weighted by Crippen LogP contribution is 2.22. The minimum Gasteiger partial charge on any atom is -0.465 e. The van der Waals surface area contributed by atoms with Crippen LogP contribution in [0.1, 0.15) is 6.42 Å². The van der Waals surface area contributed by atoms with Gasteiger partial charge in [0.25, 0.3) is 0 Å². The molecule has 0 radical (unpaired) electrons. The minimum absolute atomic E-state index is 0.194. The van der Waals surface area contributed by atoms with Gasteiger partial charge in [-0.25, -0.2) is 9.78 Å². The Kier molecular flexibility index (Phi) is 3.18. The number of carboxylic acid groups (broad SMARTS) is 1. The number of benzene rings is 1. The summed E-state index contributed by atoms with van der Waals surface area (Å²) in [6.07, 6.45) is 0.00415. The van der Waals surface area contributed by atoms with Crippen LogP contribution in [0.5, 0.6) is 0 Å². The summed E-state index contributed by atoms with van der Waals surface area (Å²) in [5, 5.41) is 10.1. The van der Waals surface area contributed by atoms with Gasteiger partial charge in [0.2, 0.25) is 0 Å². The molecule has 0 unspecified atom stereocenters. The average molecular weight is 271 g/mol. The van der Waals surface area contributed by atoms with E-state index in [9.17, 15) is 4.79 Å². The van der Waals surface area contributed by atoms with E-state index in [1.165, 1.54) is 4.90 Å². The van der Waals surface area contributed by atoms with E-state index >= 15 is 0 Å². The van der Waals surface area contributed by atoms with Crippen molar-refractivity contribution in [3.05, 3.63) is 36.4 Å². The molecule has 0 bridgehead atoms. The molecule has 0 aliphatic carbocycles. The summed E-state index contributed by atoms with van der Waals surface area (Å²) < 4.78 is 0. The van der Waals surface area contributed by atoms with Gasteiger partial charge in [0, 0.05) is 31.6 Å². The van der Waals surface area contributed by atoms with Crippen molar-refractivity contribution in [1.29, 1.82) is 0 Å². The number of rotatable bonds is 2. The lowest BCUT2D eigenvalue weighted by Crippen LogP contribution is -2.36. The van der Waals surface area contributed by atoms with Gasteiger partial charge in [-0.3, -0.25) is 0 Å². The lowest BCUT2D eigenvalue weighted by molar-refractivity contribution is 0.155. The number of likely N-dealkylation sites (N-methyl/N-ethyl adjacent to an activating group) is 1. The predicted molar refractivity (Wildman–Crippen MR) is 78.1 cm³/mol. The highest BCUT2D eigenvalue weighted by atomic mass is 16.4. The fourth-order valence-electron chi connectivity index (χ4n) is 2.67. The molecule has 1 aromatic heterocycles. The van der Waals surface area contributed by atoms with E-state index in [0.717, 1.165) is 23.1 Å². The highest BCUT2D eigenvalue weighted by molar-refractivity contribution is 5.80. The van der Waals surface area contributed by atoms with Crippen LogP contribution < -0.4 is 4.90 Å². The van der Waals surface area contributed by atoms with Gasteiger partial charge >= 0.3 is 6.09 Å². The van der Waals surface area contributed by atoms with Crippen LogP contribution >= 0.6 is 0 Å². The molecular formula is C15H17N3O2. The van der Waals surface area contributed by atoms with E-state index in [1.54, 1.807) is 0 Å². The Balaban J connectivity index is 1.82. The Morgan fingerprint density at radius 1 is 1.35 bits per heavy atom. The Labute approximate surface area is 117 Å². The van der Waals surface area contributed by atoms with Crippen LogP contribution in [-0.2, 0) is 0 Å². The molecular weight excluding hydrogens is 254 g/mol. The third-order valence-corrected chi connectivity index (χ3v) is 3.93. The van der Waals surface area contributed by atoms with Crippen LogP contribution in [0.25, 0.3) is 10.9 Å². The lowest BCUT2D eigenvalue weighted by atomic mass is 10.2. The summed E-state index contributed by atoms with van der Waals surface area (Å²) in [5.74, 6) is 0.890. The number of amides is 1. The molecule has 1 fully saturated rings. The number of pyridine rings is 1. The van der Waals surface area contributed by atoms with Gasteiger partial charge in [-0.2, -0.15) is 0 Å². The maximum atomic E-state index is 11.0. The van der Waals surface area contributed by atoms with Crippen LogP contribution in [0.15, 0.2) is 36.4 Å². The lowest BCUT2D eigenvalue weighted by Gasteiger charge is -2.25. The van der Waals surface area contributed by atoms with Crippen LogP contribution in [-0.4, -0.2) is 47.3 Å². The van der Waals surface area contributed by atoms with Gasteiger partial charge < -0.3 is 14.9 Å². The first-order valence-corrected chi connectivity index (χ1v) is 6.71. The first-order valence-electron chi connectivity index (χ1n) is 6.71. The van der Waals surface area contributed by atoms with Gasteiger partial charge in [-0.15, -0.1) is 0 Å². The standard InChI is InChI=1S/C15H17N3O2/c1-17(12-8-9-18(10-12)15(19)20)14-7-6-11-4-2-3-5-13(11)16-14/h2-7,12H,8-10H2,1H3,(H,19,20)/t12-/m1/s1. The summed E-state index contributed by atoms with van der Waals surface area (Å²) >= 11 is 0. The number of anilines is 1. The van der Waals surface area contributed by atoms with Crippen molar-refractivity contribution in [2.24, 2.45) is 0 Å². The second-order valence-electron chi connectivity index (χ2n) is 5.14. The second kappa shape index (κ2) is 5.00. The van der Waals surface area contributed by atoms with E-state index in [-0.39, 0.29) is 6.04 Å². The largest absolute Gasteiger partial charge is 0.465 e. The average Bonchev–Trinajstić information content (AvgIpc) is 2.96. The van der Waals surface area contributed by atoms with Crippen molar-refractivity contribution in [3.63, 3.8) is 0 Å². The van der Waals surface area contributed by atoms with Gasteiger partial charge in [0.1, 0.15) is 5.82 Å². The number of likely N-dealkylation sites (tertiary alicyclic amines) is 1. The summed E-state index contributed by atoms with van der Waals surface area (Å²) in [6.45, 7) is 1.14. The van der Waals surface area contributed by atoms with Gasteiger partial charge in [-0.05, 0) is 24.6 Å². The molecule has 2 aromatic rings. The molecule has 3 rings (SSSR count). The van der Waals surface area contributed by atoms with Crippen LogP contribution in [0.2, 0.25) is 0 Å². The molecule has 20 heavy (non-hydrogen) atoms. The van der Waals surface area contributed by atoms with E-state index in [0.29, 0.717) is 13.1 Å². The number of nitrogens with zero attached hydrogens (tertiary/aromatic N) is 3. The molecule has 0 saturated carbocycles. The number of aromatic nitrogens is 1. The molecule has 0 spiro atoms. The van der Waals surface area contributed by atoms with Gasteiger partial charge in [-0.1, -0.05) is 18.2 Å². The molecule has 1 aromatic carbocycles. The van der Waals surface area contributed by atoms with Crippen LogP contribution in [0, 0.1) is 0 Å². The third kappa shape index (κ3) is 2.27. The molecule has 1 amide bonds. The van der Waals surface area contributed by atoms with Crippen LogP contribution in [0.3, 0.4) is 0 Å². The van der Waals surface area contributed by atoms with Crippen LogP contribution in [0.4, 0.5) is 10.6 Å². The zero-order valence-corrected chi connectivity index (χ0v) is 11.4. The minimum atomic E-state index is -0.840. The summed E-state index contributed by atoms with van der Waals surface area (Å²) in [7, 11) is 1.98. The first-order chi connectivity index (χ1) is 9.65. The molecule has 1 N–H and O–H groups in total. The molecule has 1 atom stereocenters. The summed E-state index contributed by atoms with van der Waals surface area (Å²) in [5.41, 5.74) is 0.963. The quantitative estimate of drug-likeness (QED) is 0.911. The number of hydrogen-bond donors (Lipinski definition) is 1. The zero-order chi connectivity index (χ0) is 14.1. The van der Waals surface area contributed by atoms with Crippen molar-refractivity contribution < 1.29 is 9.90 Å². The summed E-state index contributed by atoms with van der Waals surface area (Å²) in [6, 6.07) is 12.2. The molecule has 104 valence electrons. The fourth-order valence-corrected chi connectivity index (χ4v) is 2.67. The molecule has 5 heteroatoms. The van der Waals surface area contributed by atoms with E-state index in [4.69, 9.17) is 5.11 Å². The highest BCUT2D eigenvalue weighted by Gasteiger charge is 2.29. The number of fused-ring (bicyclic) bond motifs is 1. The Bertz CT molecular complexity index is 644. The maximum Gasteiger partial charge on any atom is 0.407 e. The van der Waals surface area contributed by atoms with Gasteiger partial charge in [0.15, 0.2) is 0 Å². The molecule has 2 heterocycles. The van der Waals surface area contributed by atoms with Crippen molar-refractivity contribution in [2.45, 2.75) is 12.5 Å². The zero-order valence-electron chi connectivity index (χ0n) is 11.4. The SMILES string of the molecule is CN(c1ccc2ccccc2n1)[C@@H]1CCN(C(=O)O)C1. The Morgan fingerprint density at radius 2 is 2.15 bits per heavy atom. The van der Waals surface area contributed by atoms with E-state index in [1.807, 2.05) is 37.4 Å². The fraction of sp³-hybridized carbons (Fsp3) is 0.333.